The van der Waals surface area contributed by atoms with Gasteiger partial charge in [-0.1, -0.05) is 27.7 Å². The van der Waals surface area contributed by atoms with Gasteiger partial charge >= 0.3 is 5.97 Å². The molecular formula is C16H23NO3S. The maximum absolute atomic E-state index is 12.1. The third-order valence-corrected chi connectivity index (χ3v) is 3.81. The van der Waals surface area contributed by atoms with Crippen molar-refractivity contribution in [1.82, 2.24) is 5.32 Å². The van der Waals surface area contributed by atoms with Gasteiger partial charge < -0.3 is 10.4 Å². The molecule has 0 spiro atoms. The molecule has 0 unspecified atom stereocenters. The highest BCUT2D eigenvalue weighted by atomic mass is 32.2. The second-order valence-corrected chi connectivity index (χ2v) is 7.33. The highest BCUT2D eigenvalue weighted by Crippen LogP contribution is 2.22. The summed E-state index contributed by atoms with van der Waals surface area (Å²) < 4.78 is 0. The number of benzene rings is 1. The molecule has 116 valence electrons. The van der Waals surface area contributed by atoms with Crippen LogP contribution in [-0.4, -0.2) is 28.3 Å². The van der Waals surface area contributed by atoms with E-state index in [9.17, 15) is 9.59 Å². The number of carboxylic acids is 1. The van der Waals surface area contributed by atoms with E-state index in [0.29, 0.717) is 17.2 Å². The van der Waals surface area contributed by atoms with Crippen LogP contribution in [0.2, 0.25) is 0 Å². The van der Waals surface area contributed by atoms with Crippen LogP contribution in [0.3, 0.4) is 0 Å². The Labute approximate surface area is 130 Å². The summed E-state index contributed by atoms with van der Waals surface area (Å²) >= 11 is 1.72. The largest absolute Gasteiger partial charge is 0.480 e. The Hall–Kier alpha value is -1.49. The molecule has 0 aromatic heterocycles. The average molecular weight is 309 g/mol. The van der Waals surface area contributed by atoms with Crippen molar-refractivity contribution in [3.8, 4) is 0 Å². The Bertz CT molecular complexity index is 483. The topological polar surface area (TPSA) is 66.4 Å². The van der Waals surface area contributed by atoms with Crippen LogP contribution in [-0.2, 0) is 4.79 Å². The summed E-state index contributed by atoms with van der Waals surface area (Å²) in [6.45, 7) is 8.07. The van der Waals surface area contributed by atoms with E-state index in [-0.39, 0.29) is 11.8 Å². The van der Waals surface area contributed by atoms with Crippen LogP contribution in [0, 0.1) is 5.92 Å². The molecule has 0 aliphatic rings. The molecule has 0 aliphatic heterocycles. The normalized spacial score (nSPS) is 12.5. The Balaban J connectivity index is 2.71. The SMILES string of the molecule is CC(C)C[C@H](NC(=O)c1ccc(SC(C)C)cc1)C(=O)O. The fourth-order valence-corrected chi connectivity index (χ4v) is 2.73. The molecule has 2 N–H and O–H groups in total. The first-order valence-electron chi connectivity index (χ1n) is 7.10. The predicted molar refractivity (Wildman–Crippen MR) is 85.8 cm³/mol. The van der Waals surface area contributed by atoms with Gasteiger partial charge in [-0.3, -0.25) is 4.79 Å². The van der Waals surface area contributed by atoms with E-state index in [1.54, 1.807) is 23.9 Å². The summed E-state index contributed by atoms with van der Waals surface area (Å²) in [5.74, 6) is -1.13. The molecule has 0 heterocycles. The van der Waals surface area contributed by atoms with Gasteiger partial charge in [0.2, 0.25) is 0 Å². The van der Waals surface area contributed by atoms with Crippen molar-refractivity contribution in [2.24, 2.45) is 5.92 Å². The Morgan fingerprint density at radius 3 is 2.14 bits per heavy atom. The molecule has 1 amide bonds. The Morgan fingerprint density at radius 2 is 1.71 bits per heavy atom. The van der Waals surface area contributed by atoms with E-state index in [4.69, 9.17) is 5.11 Å². The smallest absolute Gasteiger partial charge is 0.326 e. The van der Waals surface area contributed by atoms with E-state index < -0.39 is 12.0 Å². The fraction of sp³-hybridized carbons (Fsp3) is 0.500. The monoisotopic (exact) mass is 309 g/mol. The highest BCUT2D eigenvalue weighted by Gasteiger charge is 2.21. The number of carboxylic acid groups (broad SMARTS) is 1. The Morgan fingerprint density at radius 1 is 1.14 bits per heavy atom. The lowest BCUT2D eigenvalue weighted by molar-refractivity contribution is -0.139. The molecule has 1 atom stereocenters. The molecule has 0 saturated carbocycles. The van der Waals surface area contributed by atoms with Gasteiger partial charge in [-0.2, -0.15) is 0 Å². The summed E-state index contributed by atoms with van der Waals surface area (Å²) in [4.78, 5) is 24.3. The van der Waals surface area contributed by atoms with Gasteiger partial charge in [0.15, 0.2) is 0 Å². The first-order valence-corrected chi connectivity index (χ1v) is 7.98. The summed E-state index contributed by atoms with van der Waals surface area (Å²) in [6.07, 6.45) is 0.419. The van der Waals surface area contributed by atoms with Crippen LogP contribution < -0.4 is 5.32 Å². The zero-order valence-electron chi connectivity index (χ0n) is 12.9. The number of thioether (sulfide) groups is 1. The van der Waals surface area contributed by atoms with Crippen LogP contribution in [0.5, 0.6) is 0 Å². The van der Waals surface area contributed by atoms with Gasteiger partial charge in [-0.15, -0.1) is 11.8 Å². The molecule has 0 bridgehead atoms. The van der Waals surface area contributed by atoms with Crippen molar-refractivity contribution >= 4 is 23.6 Å². The van der Waals surface area contributed by atoms with Gasteiger partial charge in [-0.05, 0) is 36.6 Å². The molecule has 5 heteroatoms. The third-order valence-electron chi connectivity index (χ3n) is 2.80. The number of hydrogen-bond acceptors (Lipinski definition) is 3. The lowest BCUT2D eigenvalue weighted by atomic mass is 10.0. The standard InChI is InChI=1S/C16H23NO3S/c1-10(2)9-14(16(19)20)17-15(18)12-5-7-13(8-6-12)21-11(3)4/h5-8,10-11,14H,9H2,1-4H3,(H,17,18)(H,19,20)/t14-/m0/s1. The van der Waals surface area contributed by atoms with Gasteiger partial charge in [0, 0.05) is 15.7 Å². The van der Waals surface area contributed by atoms with Crippen molar-refractivity contribution < 1.29 is 14.7 Å². The van der Waals surface area contributed by atoms with E-state index >= 15 is 0 Å². The number of amides is 1. The number of hydrogen-bond donors (Lipinski definition) is 2. The summed E-state index contributed by atoms with van der Waals surface area (Å²) in [7, 11) is 0. The zero-order chi connectivity index (χ0) is 16.0. The molecular weight excluding hydrogens is 286 g/mol. The van der Waals surface area contributed by atoms with Crippen molar-refractivity contribution in [1.29, 1.82) is 0 Å². The maximum Gasteiger partial charge on any atom is 0.326 e. The van der Waals surface area contributed by atoms with E-state index in [0.717, 1.165) is 4.90 Å². The lowest BCUT2D eigenvalue weighted by Crippen LogP contribution is -2.41. The maximum atomic E-state index is 12.1. The van der Waals surface area contributed by atoms with E-state index in [1.807, 2.05) is 26.0 Å². The first kappa shape index (κ1) is 17.6. The Kier molecular flexibility index (Phi) is 6.75. The summed E-state index contributed by atoms with van der Waals surface area (Å²) in [5, 5.41) is 12.2. The summed E-state index contributed by atoms with van der Waals surface area (Å²) in [5.41, 5.74) is 0.484. The average Bonchev–Trinajstić information content (AvgIpc) is 2.37. The van der Waals surface area contributed by atoms with Gasteiger partial charge in [-0.25, -0.2) is 4.79 Å². The minimum Gasteiger partial charge on any atom is -0.480 e. The number of aliphatic carboxylic acids is 1. The van der Waals surface area contributed by atoms with Gasteiger partial charge in [0.25, 0.3) is 5.91 Å². The third kappa shape index (κ3) is 6.21. The fourth-order valence-electron chi connectivity index (χ4n) is 1.89. The molecule has 0 aliphatic carbocycles. The zero-order valence-corrected chi connectivity index (χ0v) is 13.7. The van der Waals surface area contributed by atoms with Crippen molar-refractivity contribution in [2.45, 2.75) is 50.3 Å². The lowest BCUT2D eigenvalue weighted by Gasteiger charge is -2.16. The molecule has 0 fully saturated rings. The van der Waals surface area contributed by atoms with Crippen LogP contribution in [0.15, 0.2) is 29.2 Å². The van der Waals surface area contributed by atoms with Crippen LogP contribution in [0.1, 0.15) is 44.5 Å². The molecule has 4 nitrogen and oxygen atoms in total. The number of rotatable bonds is 7. The van der Waals surface area contributed by atoms with E-state index in [1.165, 1.54) is 0 Å². The number of carbonyl (C=O) groups is 2. The first-order chi connectivity index (χ1) is 9.79. The number of carbonyl (C=O) groups excluding carboxylic acids is 1. The van der Waals surface area contributed by atoms with E-state index in [2.05, 4.69) is 19.2 Å². The second kappa shape index (κ2) is 8.08. The minimum atomic E-state index is -0.996. The predicted octanol–water partition coefficient (Wildman–Crippen LogP) is 3.42. The van der Waals surface area contributed by atoms with Gasteiger partial charge in [0.1, 0.15) is 6.04 Å². The van der Waals surface area contributed by atoms with Gasteiger partial charge in [0.05, 0.1) is 0 Å². The molecule has 0 radical (unpaired) electrons. The van der Waals surface area contributed by atoms with Crippen molar-refractivity contribution in [2.75, 3.05) is 0 Å². The highest BCUT2D eigenvalue weighted by molar-refractivity contribution is 7.99. The quantitative estimate of drug-likeness (QED) is 0.757. The molecule has 1 aromatic rings. The van der Waals surface area contributed by atoms with Crippen LogP contribution in [0.4, 0.5) is 0 Å². The molecule has 21 heavy (non-hydrogen) atoms. The number of nitrogens with one attached hydrogen (secondary N) is 1. The van der Waals surface area contributed by atoms with Crippen LogP contribution in [0.25, 0.3) is 0 Å². The minimum absolute atomic E-state index is 0.205. The van der Waals surface area contributed by atoms with Crippen molar-refractivity contribution in [3.05, 3.63) is 29.8 Å². The molecule has 1 rings (SSSR count). The van der Waals surface area contributed by atoms with Crippen LogP contribution >= 0.6 is 11.8 Å². The summed E-state index contributed by atoms with van der Waals surface area (Å²) in [6, 6.07) is 6.39. The molecule has 0 saturated heterocycles. The molecule has 1 aromatic carbocycles. The second-order valence-electron chi connectivity index (χ2n) is 5.68. The van der Waals surface area contributed by atoms with Crippen molar-refractivity contribution in [3.63, 3.8) is 0 Å².